The first-order valence-electron chi connectivity index (χ1n) is 19.4. The predicted molar refractivity (Wildman–Crippen MR) is 215 cm³/mol. The van der Waals surface area contributed by atoms with Crippen molar-refractivity contribution in [1.82, 2.24) is 0 Å². The van der Waals surface area contributed by atoms with Gasteiger partial charge in [-0.05, 0) is 54.3 Å². The van der Waals surface area contributed by atoms with Gasteiger partial charge in [-0.3, -0.25) is 29.0 Å². The lowest BCUT2D eigenvalue weighted by atomic mass is 9.56. The van der Waals surface area contributed by atoms with Crippen LogP contribution in [0.2, 0.25) is 0 Å². The third kappa shape index (κ3) is 6.01. The Balaban J connectivity index is 1.22. The second-order valence-corrected chi connectivity index (χ2v) is 15.7. The van der Waals surface area contributed by atoms with Gasteiger partial charge in [0.05, 0.1) is 59.7 Å². The topological polar surface area (TPSA) is 259 Å². The van der Waals surface area contributed by atoms with Crippen molar-refractivity contribution in [1.29, 1.82) is 0 Å². The third-order valence-electron chi connectivity index (χ3n) is 12.4. The van der Waals surface area contributed by atoms with Crippen molar-refractivity contribution >= 4 is 40.4 Å². The van der Waals surface area contributed by atoms with Crippen LogP contribution in [0, 0.1) is 12.8 Å². The highest BCUT2D eigenvalue weighted by Gasteiger charge is 2.72. The van der Waals surface area contributed by atoms with E-state index in [-0.39, 0.29) is 16.7 Å². The molecule has 4 aliphatic rings. The van der Waals surface area contributed by atoms with Crippen LogP contribution in [0.4, 0.5) is 5.69 Å². The number of hydrogen-bond acceptors (Lipinski definition) is 15. The molecule has 0 bridgehead atoms. The van der Waals surface area contributed by atoms with E-state index >= 15 is 0 Å². The molecular weight excluding hydrogens is 792 g/mol. The van der Waals surface area contributed by atoms with Gasteiger partial charge in [0.1, 0.15) is 17.6 Å². The van der Waals surface area contributed by atoms with E-state index in [1.54, 1.807) is 31.2 Å². The number of nitrogens with one attached hydrogen (secondary N) is 1. The Hall–Kier alpha value is -5.98. The molecule has 16 nitrogen and oxygen atoms in total. The Kier molecular flexibility index (Phi) is 10.4. The highest BCUT2D eigenvalue weighted by Crippen LogP contribution is 2.56. The van der Waals surface area contributed by atoms with Crippen LogP contribution >= 0.6 is 0 Å². The summed E-state index contributed by atoms with van der Waals surface area (Å²) in [5.74, 6) is -8.52. The van der Waals surface area contributed by atoms with Crippen LogP contribution in [-0.2, 0) is 26.2 Å². The first-order chi connectivity index (χ1) is 29.0. The summed E-state index contributed by atoms with van der Waals surface area (Å²) in [6, 6.07) is 18.6. The molecule has 7 N–H and O–H groups in total. The highest BCUT2D eigenvalue weighted by atomic mass is 16.6. The van der Waals surface area contributed by atoms with Gasteiger partial charge in [-0.2, -0.15) is 0 Å². The number of phenols is 2. The Morgan fingerprint density at radius 1 is 0.918 bits per heavy atom. The summed E-state index contributed by atoms with van der Waals surface area (Å²) in [4.78, 5) is 75.8. The second kappa shape index (κ2) is 15.2. The number of carbonyl (C=O) groups excluding carboxylic acids is 5. The Labute approximate surface area is 348 Å². The molecule has 8 rings (SSSR count). The van der Waals surface area contributed by atoms with Crippen molar-refractivity contribution in [3.8, 4) is 22.6 Å². The minimum absolute atomic E-state index is 0.00746. The van der Waals surface area contributed by atoms with Gasteiger partial charge >= 0.3 is 0 Å². The number of rotatable bonds is 7. The first kappa shape index (κ1) is 41.7. The van der Waals surface area contributed by atoms with Gasteiger partial charge < -0.3 is 50.2 Å². The lowest BCUT2D eigenvalue weighted by molar-refractivity contribution is -0.206. The third-order valence-corrected chi connectivity index (χ3v) is 12.4. The largest absolute Gasteiger partial charge is 0.507 e. The molecule has 3 aliphatic carbocycles. The van der Waals surface area contributed by atoms with Crippen molar-refractivity contribution in [3.05, 3.63) is 111 Å². The molecule has 0 radical (unpaired) electrons. The van der Waals surface area contributed by atoms with Crippen LogP contribution in [0.1, 0.15) is 81.8 Å². The number of Topliss-reactive ketones (excluding diaryl/α,β-unsaturated/α-hetero) is 4. The molecule has 0 saturated carbocycles. The molecule has 8 atom stereocenters. The number of hydrogen-bond donors (Lipinski definition) is 7. The summed E-state index contributed by atoms with van der Waals surface area (Å²) in [7, 11) is 2.28. The molecule has 0 spiro atoms. The van der Waals surface area contributed by atoms with E-state index in [9.17, 15) is 54.6 Å². The van der Waals surface area contributed by atoms with Gasteiger partial charge in [0.15, 0.2) is 23.2 Å². The average molecular weight is 835 g/mol. The molecule has 1 aliphatic heterocycles. The van der Waals surface area contributed by atoms with Crippen molar-refractivity contribution < 1.29 is 68.8 Å². The van der Waals surface area contributed by atoms with Crippen molar-refractivity contribution in [2.75, 3.05) is 26.1 Å². The number of aromatic hydroxyl groups is 2. The van der Waals surface area contributed by atoms with E-state index < -0.39 is 141 Å². The molecule has 1 saturated heterocycles. The standard InChI is InChI=1S/C45H42N2O14/c1-19-14-23-15-30(50)45(60-4)41(56)33-26(16-25-32(37(33)53)29(49)17-28(35(25)51)47-43-27(18-48)36(52)39(59-3)20(2)61-43)40(55)44(45,58)34(23)38(54)31(19)42(57)46-24-12-10-22(11-13-24)21-8-6-5-7-9-21/h5-14,16,20,27,30,36,39,43,48,50,52-54,58H,15,17-18H2,1-4H3,(H,46,57)/t20-,27+,30+,36-,39-,43?,44-,45+/m0/s1. The minimum Gasteiger partial charge on any atom is -0.507 e. The van der Waals surface area contributed by atoms with E-state index in [2.05, 4.69) is 10.3 Å². The van der Waals surface area contributed by atoms with Crippen LogP contribution in [0.15, 0.2) is 71.7 Å². The smallest absolute Gasteiger partial charge is 0.259 e. The van der Waals surface area contributed by atoms with Crippen molar-refractivity contribution in [2.24, 2.45) is 10.9 Å². The Bertz CT molecular complexity index is 2570. The average Bonchev–Trinajstić information content (AvgIpc) is 3.22. The van der Waals surface area contributed by atoms with Gasteiger partial charge in [0, 0.05) is 43.0 Å². The molecule has 1 amide bonds. The fourth-order valence-electron chi connectivity index (χ4n) is 9.44. The lowest BCUT2D eigenvalue weighted by Crippen LogP contribution is -2.73. The molecule has 61 heavy (non-hydrogen) atoms. The Morgan fingerprint density at radius 2 is 1.59 bits per heavy atom. The van der Waals surface area contributed by atoms with Crippen LogP contribution < -0.4 is 5.32 Å². The van der Waals surface area contributed by atoms with Gasteiger partial charge in [-0.25, -0.2) is 0 Å². The molecule has 316 valence electrons. The number of aliphatic imine (C=N–C) groups is 1. The SMILES string of the molecule is CO[C@@H]1[C@@H](O)[C@@H](CO)C(N=C2CC(=O)c3c(cc4c(c3O)C(=O)[C@]3(OC)[C@H](O)Cc5cc(C)c(C(=O)Nc6ccc(-c7ccccc7)cc6)c(O)c5[C@]3(O)C4=O)C2=O)O[C@H]1C. The van der Waals surface area contributed by atoms with Crippen LogP contribution in [0.5, 0.6) is 11.5 Å². The number of aliphatic hydroxyl groups is 4. The number of aliphatic hydroxyl groups excluding tert-OH is 3. The predicted octanol–water partition coefficient (Wildman–Crippen LogP) is 2.83. The number of nitrogens with zero attached hydrogens (tertiary/aromatic N) is 1. The molecule has 1 fully saturated rings. The van der Waals surface area contributed by atoms with E-state index in [0.717, 1.165) is 24.3 Å². The Morgan fingerprint density at radius 3 is 2.23 bits per heavy atom. The highest BCUT2D eigenvalue weighted by molar-refractivity contribution is 6.53. The van der Waals surface area contributed by atoms with Crippen molar-refractivity contribution in [2.45, 2.75) is 68.5 Å². The van der Waals surface area contributed by atoms with Gasteiger partial charge in [0.2, 0.25) is 17.3 Å². The monoisotopic (exact) mass is 834 g/mol. The molecule has 4 aromatic rings. The quantitative estimate of drug-likeness (QED) is 0.141. The van der Waals surface area contributed by atoms with Crippen LogP contribution in [-0.4, -0.2) is 122 Å². The van der Waals surface area contributed by atoms with Gasteiger partial charge in [-0.1, -0.05) is 48.5 Å². The van der Waals surface area contributed by atoms with Crippen LogP contribution in [0.25, 0.3) is 11.1 Å². The number of aryl methyl sites for hydroxylation is 1. The molecule has 4 aromatic carbocycles. The fraction of sp³-hybridized carbons (Fsp3) is 0.333. The first-order valence-corrected chi connectivity index (χ1v) is 19.4. The maximum atomic E-state index is 15.0. The van der Waals surface area contributed by atoms with Crippen LogP contribution in [0.3, 0.4) is 0 Å². The molecule has 16 heteroatoms. The normalized spacial score (nSPS) is 28.8. The molecule has 0 aromatic heterocycles. The summed E-state index contributed by atoms with van der Waals surface area (Å²) in [6.45, 7) is 2.44. The maximum absolute atomic E-state index is 15.0. The zero-order valence-corrected chi connectivity index (χ0v) is 33.3. The summed E-state index contributed by atoms with van der Waals surface area (Å²) in [6.07, 6.45) is -7.37. The zero-order valence-electron chi connectivity index (χ0n) is 33.3. The molecule has 1 unspecified atom stereocenters. The fourth-order valence-corrected chi connectivity index (χ4v) is 9.44. The summed E-state index contributed by atoms with van der Waals surface area (Å²) < 4.78 is 16.7. The molecule has 1 heterocycles. The number of phenolic OH excluding ortho intramolecular Hbond substituents is 2. The minimum atomic E-state index is -3.28. The van der Waals surface area contributed by atoms with E-state index in [0.29, 0.717) is 5.69 Å². The number of ketones is 4. The number of anilines is 1. The maximum Gasteiger partial charge on any atom is 0.259 e. The number of benzene rings is 4. The van der Waals surface area contributed by atoms with E-state index in [1.165, 1.54) is 20.1 Å². The lowest BCUT2D eigenvalue weighted by Gasteiger charge is -2.53. The number of amides is 1. The van der Waals surface area contributed by atoms with Crippen molar-refractivity contribution in [3.63, 3.8) is 0 Å². The second-order valence-electron chi connectivity index (χ2n) is 15.7. The summed E-state index contributed by atoms with van der Waals surface area (Å²) >= 11 is 0. The number of methoxy groups -OCH3 is 2. The van der Waals surface area contributed by atoms with E-state index in [4.69, 9.17) is 14.2 Å². The zero-order chi connectivity index (χ0) is 43.9. The number of carbonyl (C=O) groups is 5. The molecular formula is C45H42N2O14. The van der Waals surface area contributed by atoms with Gasteiger partial charge in [-0.15, -0.1) is 0 Å². The number of fused-ring (bicyclic) bond motifs is 5. The summed E-state index contributed by atoms with van der Waals surface area (Å²) in [5, 5.41) is 71.8. The van der Waals surface area contributed by atoms with Gasteiger partial charge in [0.25, 0.3) is 5.91 Å². The number of ether oxygens (including phenoxy) is 3. The van der Waals surface area contributed by atoms with E-state index in [1.807, 2.05) is 30.3 Å². The summed E-state index contributed by atoms with van der Waals surface area (Å²) in [5.41, 5.74) is -8.05.